The van der Waals surface area contributed by atoms with Crippen LogP contribution in [-0.4, -0.2) is 49.3 Å². The number of hydrogen-bond acceptors (Lipinski definition) is 3. The minimum Gasteiger partial charge on any atom is -0.381 e. The van der Waals surface area contributed by atoms with Gasteiger partial charge in [-0.2, -0.15) is 11.8 Å². The van der Waals surface area contributed by atoms with Crippen LogP contribution in [0.3, 0.4) is 0 Å². The van der Waals surface area contributed by atoms with Crippen molar-refractivity contribution in [2.24, 2.45) is 4.99 Å². The minimum absolute atomic E-state index is 0. The summed E-state index contributed by atoms with van der Waals surface area (Å²) in [5.74, 6) is 1.75. The highest BCUT2D eigenvalue weighted by Crippen LogP contribution is 2.35. The second kappa shape index (κ2) is 12.8. The number of ether oxygens (including phenoxy) is 1. The molecule has 1 heterocycles. The van der Waals surface area contributed by atoms with Crippen LogP contribution in [0.4, 0.5) is 4.39 Å². The third-order valence-corrected chi connectivity index (χ3v) is 5.81. The zero-order valence-electron chi connectivity index (χ0n) is 15.7. The summed E-state index contributed by atoms with van der Waals surface area (Å²) in [5, 5.41) is 6.61. The highest BCUT2D eigenvalue weighted by Gasteiger charge is 2.32. The molecule has 1 aliphatic rings. The van der Waals surface area contributed by atoms with Gasteiger partial charge in [0.15, 0.2) is 5.96 Å². The van der Waals surface area contributed by atoms with E-state index in [4.69, 9.17) is 9.73 Å². The van der Waals surface area contributed by atoms with Crippen molar-refractivity contribution < 1.29 is 9.13 Å². The summed E-state index contributed by atoms with van der Waals surface area (Å²) in [6, 6.07) is 6.92. The highest BCUT2D eigenvalue weighted by atomic mass is 127. The predicted molar refractivity (Wildman–Crippen MR) is 120 cm³/mol. The Hall–Kier alpha value is -0.540. The van der Waals surface area contributed by atoms with Gasteiger partial charge in [-0.15, -0.1) is 24.0 Å². The SMILES string of the molecule is CCNC(=NCC1(SCC)CCOCC1)NCCc1ccccc1F.I. The topological polar surface area (TPSA) is 45.7 Å². The first kappa shape index (κ1) is 23.5. The quantitative estimate of drug-likeness (QED) is 0.327. The van der Waals surface area contributed by atoms with Crippen LogP contribution in [0, 0.1) is 5.82 Å². The molecule has 1 fully saturated rings. The summed E-state index contributed by atoms with van der Waals surface area (Å²) < 4.78 is 19.4. The number of hydrogen-bond donors (Lipinski definition) is 2. The lowest BCUT2D eigenvalue weighted by Gasteiger charge is -2.35. The van der Waals surface area contributed by atoms with E-state index in [0.29, 0.717) is 13.0 Å². The van der Waals surface area contributed by atoms with Crippen LogP contribution in [0.15, 0.2) is 29.3 Å². The van der Waals surface area contributed by atoms with E-state index in [1.807, 2.05) is 23.9 Å². The van der Waals surface area contributed by atoms with Crippen LogP contribution in [0.5, 0.6) is 0 Å². The standard InChI is InChI=1S/C19H30FN3OS.HI/c1-3-21-18(22-12-9-16-7-5-6-8-17(16)20)23-15-19(25-4-2)10-13-24-14-11-19;/h5-8H,3-4,9-15H2,1-2H3,(H2,21,22,23);1H. The molecule has 2 N–H and O–H groups in total. The molecule has 1 aromatic rings. The molecule has 0 radical (unpaired) electrons. The second-order valence-electron chi connectivity index (χ2n) is 6.19. The molecule has 0 atom stereocenters. The van der Waals surface area contributed by atoms with Gasteiger partial charge >= 0.3 is 0 Å². The molecule has 7 heteroatoms. The number of halogens is 2. The average molecular weight is 495 g/mol. The van der Waals surface area contributed by atoms with E-state index in [2.05, 4.69) is 24.5 Å². The summed E-state index contributed by atoms with van der Waals surface area (Å²) in [5.41, 5.74) is 0.730. The molecule has 0 unspecified atom stereocenters. The van der Waals surface area contributed by atoms with Gasteiger partial charge in [-0.1, -0.05) is 25.1 Å². The van der Waals surface area contributed by atoms with E-state index in [-0.39, 0.29) is 34.5 Å². The summed E-state index contributed by atoms with van der Waals surface area (Å²) in [6.45, 7) is 8.14. The molecule has 26 heavy (non-hydrogen) atoms. The Morgan fingerprint density at radius 2 is 1.96 bits per heavy atom. The third-order valence-electron chi connectivity index (χ3n) is 4.37. The molecule has 0 spiro atoms. The van der Waals surface area contributed by atoms with Crippen molar-refractivity contribution in [2.75, 3.05) is 38.6 Å². The Balaban J connectivity index is 0.00000338. The van der Waals surface area contributed by atoms with Crippen molar-refractivity contribution in [3.8, 4) is 0 Å². The fourth-order valence-electron chi connectivity index (χ4n) is 2.98. The maximum atomic E-state index is 13.7. The van der Waals surface area contributed by atoms with Gasteiger partial charge in [0, 0.05) is 31.1 Å². The van der Waals surface area contributed by atoms with E-state index in [0.717, 1.165) is 56.4 Å². The number of nitrogens with zero attached hydrogens (tertiary/aromatic N) is 1. The van der Waals surface area contributed by atoms with Gasteiger partial charge < -0.3 is 15.4 Å². The van der Waals surface area contributed by atoms with Crippen LogP contribution in [0.25, 0.3) is 0 Å². The Kier molecular flexibility index (Phi) is 11.5. The van der Waals surface area contributed by atoms with Gasteiger partial charge in [0.2, 0.25) is 0 Å². The average Bonchev–Trinajstić information content (AvgIpc) is 2.62. The zero-order chi connectivity index (χ0) is 18.0. The third kappa shape index (κ3) is 7.60. The molecule has 1 saturated heterocycles. The minimum atomic E-state index is -0.147. The van der Waals surface area contributed by atoms with Crippen LogP contribution < -0.4 is 10.6 Å². The van der Waals surface area contributed by atoms with Gasteiger partial charge in [0.1, 0.15) is 5.82 Å². The first-order valence-corrected chi connectivity index (χ1v) is 10.1. The van der Waals surface area contributed by atoms with Crippen molar-refractivity contribution in [3.63, 3.8) is 0 Å². The smallest absolute Gasteiger partial charge is 0.191 e. The first-order valence-electron chi connectivity index (χ1n) is 9.16. The van der Waals surface area contributed by atoms with E-state index < -0.39 is 0 Å². The van der Waals surface area contributed by atoms with Crippen LogP contribution in [0.1, 0.15) is 32.3 Å². The normalized spacial score (nSPS) is 16.7. The monoisotopic (exact) mass is 495 g/mol. The van der Waals surface area contributed by atoms with Crippen molar-refractivity contribution in [1.29, 1.82) is 0 Å². The summed E-state index contributed by atoms with van der Waals surface area (Å²) in [4.78, 5) is 4.81. The van der Waals surface area contributed by atoms with Crippen LogP contribution in [0.2, 0.25) is 0 Å². The molecule has 0 amide bonds. The van der Waals surface area contributed by atoms with Gasteiger partial charge in [-0.3, -0.25) is 4.99 Å². The zero-order valence-corrected chi connectivity index (χ0v) is 18.9. The number of rotatable bonds is 8. The van der Waals surface area contributed by atoms with E-state index in [9.17, 15) is 4.39 Å². The first-order chi connectivity index (χ1) is 12.2. The van der Waals surface area contributed by atoms with E-state index in [1.165, 1.54) is 6.07 Å². The number of thioether (sulfide) groups is 1. The second-order valence-corrected chi connectivity index (χ2v) is 7.92. The maximum Gasteiger partial charge on any atom is 0.191 e. The Morgan fingerprint density at radius 3 is 2.62 bits per heavy atom. The molecular formula is C19H31FIN3OS. The number of guanidine groups is 1. The lowest BCUT2D eigenvalue weighted by atomic mass is 9.99. The Labute approximate surface area is 178 Å². The molecule has 2 rings (SSSR count). The molecule has 0 aliphatic carbocycles. The van der Waals surface area contributed by atoms with Crippen molar-refractivity contribution in [2.45, 2.75) is 37.9 Å². The molecule has 1 aliphatic heterocycles. The number of benzene rings is 1. The maximum absolute atomic E-state index is 13.7. The molecule has 148 valence electrons. The van der Waals surface area contributed by atoms with Crippen molar-refractivity contribution in [1.82, 2.24) is 10.6 Å². The van der Waals surface area contributed by atoms with E-state index >= 15 is 0 Å². The van der Waals surface area contributed by atoms with Crippen molar-refractivity contribution >= 4 is 41.7 Å². The van der Waals surface area contributed by atoms with Gasteiger partial charge in [0.05, 0.1) is 6.54 Å². The molecule has 0 saturated carbocycles. The molecule has 1 aromatic carbocycles. The fourth-order valence-corrected chi connectivity index (χ4v) is 4.20. The molecule has 4 nitrogen and oxygen atoms in total. The predicted octanol–water partition coefficient (Wildman–Crippen LogP) is 3.84. The Morgan fingerprint density at radius 1 is 1.23 bits per heavy atom. The Bertz CT molecular complexity index is 548. The number of aliphatic imine (C=N–C) groups is 1. The van der Waals surface area contributed by atoms with Gasteiger partial charge in [0.25, 0.3) is 0 Å². The molecule has 0 aromatic heterocycles. The fraction of sp³-hybridized carbons (Fsp3) is 0.632. The van der Waals surface area contributed by atoms with Gasteiger partial charge in [-0.05, 0) is 43.6 Å². The lowest BCUT2D eigenvalue weighted by molar-refractivity contribution is 0.0793. The van der Waals surface area contributed by atoms with Crippen LogP contribution >= 0.6 is 35.7 Å². The summed E-state index contributed by atoms with van der Waals surface area (Å²) >= 11 is 1.99. The summed E-state index contributed by atoms with van der Waals surface area (Å²) in [7, 11) is 0. The van der Waals surface area contributed by atoms with Crippen molar-refractivity contribution in [3.05, 3.63) is 35.6 Å². The molecule has 0 bridgehead atoms. The van der Waals surface area contributed by atoms with Gasteiger partial charge in [-0.25, -0.2) is 4.39 Å². The lowest BCUT2D eigenvalue weighted by Crippen LogP contribution is -2.41. The number of nitrogens with one attached hydrogen (secondary N) is 2. The highest BCUT2D eigenvalue weighted by molar-refractivity contribution is 14.0. The summed E-state index contributed by atoms with van der Waals surface area (Å²) in [6.07, 6.45) is 2.73. The molecular weight excluding hydrogens is 464 g/mol. The van der Waals surface area contributed by atoms with Crippen LogP contribution in [-0.2, 0) is 11.2 Å². The van der Waals surface area contributed by atoms with E-state index in [1.54, 1.807) is 6.07 Å². The largest absolute Gasteiger partial charge is 0.381 e.